The van der Waals surface area contributed by atoms with Crippen LogP contribution in [-0.4, -0.2) is 18.7 Å². The summed E-state index contributed by atoms with van der Waals surface area (Å²) in [7, 11) is -5.07. The maximum absolute atomic E-state index is 10.7. The van der Waals surface area contributed by atoms with Crippen molar-refractivity contribution in [3.8, 4) is 0 Å². The van der Waals surface area contributed by atoms with Crippen LogP contribution in [0.4, 0.5) is 8.78 Å². The lowest BCUT2D eigenvalue weighted by atomic mass is 10.1. The Bertz CT molecular complexity index is 612. The Morgan fingerprint density at radius 3 is 1.33 bits per heavy atom. The van der Waals surface area contributed by atoms with Gasteiger partial charge in [-0.1, -0.05) is 72.8 Å². The van der Waals surface area contributed by atoms with Crippen molar-refractivity contribution in [3.63, 3.8) is 0 Å². The average Bonchev–Trinajstić information content (AvgIpc) is 2.47. The predicted octanol–water partition coefficient (Wildman–Crippen LogP) is 3.95. The van der Waals surface area contributed by atoms with Gasteiger partial charge < -0.3 is 0 Å². The molecule has 0 aliphatic carbocycles. The van der Waals surface area contributed by atoms with Gasteiger partial charge in [-0.15, -0.1) is 0 Å². The Balaban J connectivity index is 0.000000270. The zero-order valence-electron chi connectivity index (χ0n) is 10.9. The van der Waals surface area contributed by atoms with Crippen molar-refractivity contribution in [1.29, 1.82) is 0 Å². The van der Waals surface area contributed by atoms with Gasteiger partial charge in [-0.05, 0) is 11.1 Å². The van der Waals surface area contributed by atoms with Gasteiger partial charge in [0.15, 0.2) is 0 Å². The molecule has 0 aliphatic rings. The maximum atomic E-state index is 10.7. The SMILES string of the molecule is C(=Cc1ccccc1)c1ccccc1.O=S(=O)(O)C(F)F. The average molecular weight is 312 g/mol. The van der Waals surface area contributed by atoms with E-state index in [4.69, 9.17) is 13.0 Å². The molecule has 1 N–H and O–H groups in total. The first-order chi connectivity index (χ1) is 9.89. The molecule has 0 saturated heterocycles. The second kappa shape index (κ2) is 8.28. The topological polar surface area (TPSA) is 54.4 Å². The van der Waals surface area contributed by atoms with Gasteiger partial charge in [0, 0.05) is 0 Å². The lowest BCUT2D eigenvalue weighted by Crippen LogP contribution is -2.07. The molecule has 6 heteroatoms. The van der Waals surface area contributed by atoms with E-state index in [0.29, 0.717) is 0 Å². The number of hydrogen-bond acceptors (Lipinski definition) is 2. The highest BCUT2D eigenvalue weighted by atomic mass is 32.2. The Morgan fingerprint density at radius 2 is 1.10 bits per heavy atom. The summed E-state index contributed by atoms with van der Waals surface area (Å²) in [4.78, 5) is 0. The maximum Gasteiger partial charge on any atom is 0.361 e. The first-order valence-corrected chi connectivity index (χ1v) is 7.42. The molecule has 0 fully saturated rings. The molecule has 0 aliphatic heterocycles. The van der Waals surface area contributed by atoms with Crippen LogP contribution in [0.3, 0.4) is 0 Å². The normalized spacial score (nSPS) is 11.2. The molecule has 112 valence electrons. The van der Waals surface area contributed by atoms with Crippen molar-refractivity contribution in [1.82, 2.24) is 0 Å². The standard InChI is InChI=1S/C14H12.CH2F2O3S/c1-3-7-13(8-4-1)11-12-14-9-5-2-6-10-14;2-1(3)7(4,5)6/h1-12H;1H,(H,4,5,6). The van der Waals surface area contributed by atoms with Crippen LogP contribution in [0.1, 0.15) is 11.1 Å². The minimum atomic E-state index is -5.07. The summed E-state index contributed by atoms with van der Waals surface area (Å²) in [5.74, 6) is -3.67. The van der Waals surface area contributed by atoms with Crippen LogP contribution in [-0.2, 0) is 10.1 Å². The van der Waals surface area contributed by atoms with Gasteiger partial charge in [-0.2, -0.15) is 17.2 Å². The smallest absolute Gasteiger partial charge is 0.281 e. The molecule has 3 nitrogen and oxygen atoms in total. The van der Waals surface area contributed by atoms with Gasteiger partial charge in [0.1, 0.15) is 0 Å². The quantitative estimate of drug-likeness (QED) is 0.689. The second-order valence-corrected chi connectivity index (χ2v) is 5.32. The van der Waals surface area contributed by atoms with Crippen LogP contribution in [0.2, 0.25) is 0 Å². The molecule has 0 bridgehead atoms. The number of halogens is 2. The third kappa shape index (κ3) is 7.34. The molecule has 2 aromatic carbocycles. The zero-order valence-corrected chi connectivity index (χ0v) is 11.7. The predicted molar refractivity (Wildman–Crippen MR) is 79.4 cm³/mol. The first-order valence-electron chi connectivity index (χ1n) is 5.92. The molecule has 0 heterocycles. The van der Waals surface area contributed by atoms with E-state index in [0.717, 1.165) is 0 Å². The first kappa shape index (κ1) is 17.0. The molecule has 0 atom stereocenters. The van der Waals surface area contributed by atoms with E-state index >= 15 is 0 Å². The fourth-order valence-corrected chi connectivity index (χ4v) is 1.32. The summed E-state index contributed by atoms with van der Waals surface area (Å²) in [5.41, 5.74) is 2.47. The Kier molecular flexibility index (Phi) is 6.71. The van der Waals surface area contributed by atoms with Gasteiger partial charge in [-0.3, -0.25) is 4.55 Å². The van der Waals surface area contributed by atoms with E-state index in [1.807, 2.05) is 36.4 Å². The van der Waals surface area contributed by atoms with Gasteiger partial charge in [-0.25, -0.2) is 0 Å². The number of benzene rings is 2. The van der Waals surface area contributed by atoms with E-state index in [1.165, 1.54) is 11.1 Å². The van der Waals surface area contributed by atoms with Crippen molar-refractivity contribution >= 4 is 22.3 Å². The molecule has 21 heavy (non-hydrogen) atoms. The van der Waals surface area contributed by atoms with Gasteiger partial charge in [0.25, 0.3) is 0 Å². The van der Waals surface area contributed by atoms with Crippen molar-refractivity contribution in [3.05, 3.63) is 71.8 Å². The van der Waals surface area contributed by atoms with Crippen LogP contribution >= 0.6 is 0 Å². The zero-order chi connectivity index (χ0) is 15.7. The van der Waals surface area contributed by atoms with E-state index < -0.39 is 15.9 Å². The molecular weight excluding hydrogens is 298 g/mol. The third-order valence-electron chi connectivity index (χ3n) is 2.29. The molecule has 0 spiro atoms. The third-order valence-corrected chi connectivity index (χ3v) is 2.74. The monoisotopic (exact) mass is 312 g/mol. The molecule has 0 unspecified atom stereocenters. The number of alkyl halides is 2. The van der Waals surface area contributed by atoms with Gasteiger partial charge >= 0.3 is 15.9 Å². The Morgan fingerprint density at radius 1 is 0.810 bits per heavy atom. The summed E-state index contributed by atoms with van der Waals surface area (Å²) in [5, 5.41) is 0. The summed E-state index contributed by atoms with van der Waals surface area (Å²) < 4.78 is 47.0. The van der Waals surface area contributed by atoms with Crippen LogP contribution in [0.25, 0.3) is 12.2 Å². The summed E-state index contributed by atoms with van der Waals surface area (Å²) in [6, 6.07) is 20.6. The van der Waals surface area contributed by atoms with Crippen molar-refractivity contribution < 1.29 is 21.8 Å². The van der Waals surface area contributed by atoms with Crippen LogP contribution in [0.5, 0.6) is 0 Å². The fraction of sp³-hybridized carbons (Fsp3) is 0.0667. The lowest BCUT2D eigenvalue weighted by Gasteiger charge is -1.92. The Hall–Kier alpha value is -2.05. The highest BCUT2D eigenvalue weighted by Gasteiger charge is 2.18. The highest BCUT2D eigenvalue weighted by molar-refractivity contribution is 7.86. The highest BCUT2D eigenvalue weighted by Crippen LogP contribution is 2.06. The van der Waals surface area contributed by atoms with Crippen molar-refractivity contribution in [2.75, 3.05) is 0 Å². The summed E-state index contributed by atoms with van der Waals surface area (Å²) >= 11 is 0. The minimum Gasteiger partial charge on any atom is -0.281 e. The molecule has 0 aromatic heterocycles. The fourth-order valence-electron chi connectivity index (χ4n) is 1.32. The van der Waals surface area contributed by atoms with E-state index in [-0.39, 0.29) is 0 Å². The largest absolute Gasteiger partial charge is 0.361 e. The molecule has 2 rings (SSSR count). The van der Waals surface area contributed by atoms with Crippen molar-refractivity contribution in [2.45, 2.75) is 5.76 Å². The van der Waals surface area contributed by atoms with E-state index in [2.05, 4.69) is 36.4 Å². The van der Waals surface area contributed by atoms with Gasteiger partial charge in [0.05, 0.1) is 0 Å². The van der Waals surface area contributed by atoms with Gasteiger partial charge in [0.2, 0.25) is 0 Å². The minimum absolute atomic E-state index is 1.23. The van der Waals surface area contributed by atoms with E-state index in [9.17, 15) is 8.78 Å². The Labute approximate surface area is 122 Å². The van der Waals surface area contributed by atoms with E-state index in [1.54, 1.807) is 0 Å². The molecule has 0 radical (unpaired) electrons. The molecule has 0 amide bonds. The second-order valence-electron chi connectivity index (χ2n) is 3.93. The molecule has 2 aromatic rings. The summed E-state index contributed by atoms with van der Waals surface area (Å²) in [6.45, 7) is 0. The molecule has 0 saturated carbocycles. The van der Waals surface area contributed by atoms with Crippen molar-refractivity contribution in [2.24, 2.45) is 0 Å². The lowest BCUT2D eigenvalue weighted by molar-refractivity contribution is 0.217. The summed E-state index contributed by atoms with van der Waals surface area (Å²) in [6.07, 6.45) is 4.24. The molecular formula is C15H14F2O3S. The van der Waals surface area contributed by atoms with Crippen LogP contribution < -0.4 is 0 Å². The van der Waals surface area contributed by atoms with Crippen LogP contribution in [0.15, 0.2) is 60.7 Å². The van der Waals surface area contributed by atoms with Crippen LogP contribution in [0, 0.1) is 0 Å². The number of hydrogen-bond donors (Lipinski definition) is 1. The number of rotatable bonds is 3.